The lowest BCUT2D eigenvalue weighted by molar-refractivity contribution is 0.144. The molecule has 0 aliphatic carbocycles. The minimum absolute atomic E-state index is 0.299. The van der Waals surface area contributed by atoms with E-state index in [2.05, 4.69) is 13.8 Å². The molecule has 0 saturated carbocycles. The van der Waals surface area contributed by atoms with Gasteiger partial charge in [-0.25, -0.2) is 9.13 Å². The summed E-state index contributed by atoms with van der Waals surface area (Å²) in [7, 11) is -7.80. The molecule has 326 valence electrons. The number of rotatable bonds is 47. The van der Waals surface area contributed by atoms with Crippen LogP contribution in [0.5, 0.6) is 0 Å². The lowest BCUT2D eigenvalue weighted by atomic mass is 10.0. The highest BCUT2D eigenvalue weighted by Gasteiger charge is 2.21. The second-order valence-electron chi connectivity index (χ2n) is 16.0. The van der Waals surface area contributed by atoms with E-state index in [-0.39, 0.29) is 0 Å². The van der Waals surface area contributed by atoms with Crippen molar-refractivity contribution in [2.45, 2.75) is 258 Å². The summed E-state index contributed by atoms with van der Waals surface area (Å²) >= 11 is 0. The van der Waals surface area contributed by atoms with Gasteiger partial charge in [-0.1, -0.05) is 232 Å². The van der Waals surface area contributed by atoms with Crippen molar-refractivity contribution < 1.29 is 37.0 Å². The summed E-state index contributed by atoms with van der Waals surface area (Å²) in [5, 5.41) is 0. The molecule has 8 nitrogen and oxygen atoms in total. The van der Waals surface area contributed by atoms with E-state index in [0.717, 1.165) is 64.2 Å². The average molecular weight is 811 g/mol. The fourth-order valence-corrected chi connectivity index (χ4v) is 8.59. The Balaban J connectivity index is 3.32. The monoisotopic (exact) mass is 811 g/mol. The molecular formula is C44H92O8P2. The standard InChI is InChI=1S/C44H92O8P2/c1-3-5-7-9-11-13-25-29-33-37-41-49-53(45,46)51-43-39-35-31-27-23-21-19-17-15-16-18-20-22-24-28-32-36-40-44-52-54(47,48)50-42-38-34-30-26-14-12-10-8-6-4-2/h3-44H2,1-2H3,(H,45,46)(H,47,48). The Morgan fingerprint density at radius 1 is 0.259 bits per heavy atom. The van der Waals surface area contributed by atoms with Crippen molar-refractivity contribution in [3.63, 3.8) is 0 Å². The lowest BCUT2D eigenvalue weighted by Crippen LogP contribution is -1.99. The third kappa shape index (κ3) is 44.9. The molecule has 0 fully saturated rings. The molecule has 0 saturated heterocycles. The van der Waals surface area contributed by atoms with Crippen LogP contribution in [0.2, 0.25) is 0 Å². The van der Waals surface area contributed by atoms with E-state index in [1.807, 2.05) is 0 Å². The van der Waals surface area contributed by atoms with Crippen LogP contribution in [0.15, 0.2) is 0 Å². The maximum absolute atomic E-state index is 12.1. The molecule has 0 aromatic carbocycles. The first-order chi connectivity index (χ1) is 26.3. The predicted octanol–water partition coefficient (Wildman–Crippen LogP) is 16.1. The molecule has 0 aliphatic heterocycles. The van der Waals surface area contributed by atoms with E-state index >= 15 is 0 Å². The smallest absolute Gasteiger partial charge is 0.302 e. The lowest BCUT2D eigenvalue weighted by Gasteiger charge is -2.12. The number of hydrogen-bond acceptors (Lipinski definition) is 6. The van der Waals surface area contributed by atoms with Crippen LogP contribution in [-0.2, 0) is 27.2 Å². The van der Waals surface area contributed by atoms with Gasteiger partial charge in [0.25, 0.3) is 0 Å². The van der Waals surface area contributed by atoms with E-state index in [1.54, 1.807) is 0 Å². The predicted molar refractivity (Wildman–Crippen MR) is 230 cm³/mol. The van der Waals surface area contributed by atoms with Gasteiger partial charge in [0.2, 0.25) is 0 Å². The Bertz CT molecular complexity index is 764. The zero-order valence-electron chi connectivity index (χ0n) is 35.9. The summed E-state index contributed by atoms with van der Waals surface area (Å²) in [5.41, 5.74) is 0. The molecule has 2 unspecified atom stereocenters. The number of hydrogen-bond donors (Lipinski definition) is 2. The van der Waals surface area contributed by atoms with Crippen molar-refractivity contribution in [2.24, 2.45) is 0 Å². The van der Waals surface area contributed by atoms with Gasteiger partial charge in [-0.05, 0) is 25.7 Å². The van der Waals surface area contributed by atoms with Gasteiger partial charge in [-0.3, -0.25) is 18.1 Å². The van der Waals surface area contributed by atoms with E-state index < -0.39 is 15.6 Å². The van der Waals surface area contributed by atoms with Crippen LogP contribution in [-0.4, -0.2) is 36.2 Å². The maximum atomic E-state index is 12.1. The van der Waals surface area contributed by atoms with Crippen molar-refractivity contribution in [3.05, 3.63) is 0 Å². The Kier molecular flexibility index (Phi) is 43.0. The Morgan fingerprint density at radius 3 is 0.537 bits per heavy atom. The highest BCUT2D eigenvalue weighted by atomic mass is 31.2. The quantitative estimate of drug-likeness (QED) is 0.0462. The van der Waals surface area contributed by atoms with Gasteiger partial charge < -0.3 is 9.79 Å². The first-order valence-electron chi connectivity index (χ1n) is 23.6. The van der Waals surface area contributed by atoms with E-state index in [4.69, 9.17) is 18.1 Å². The van der Waals surface area contributed by atoms with Gasteiger partial charge >= 0.3 is 15.6 Å². The van der Waals surface area contributed by atoms with Crippen molar-refractivity contribution in [2.75, 3.05) is 26.4 Å². The second-order valence-corrected chi connectivity index (χ2v) is 18.9. The van der Waals surface area contributed by atoms with Gasteiger partial charge in [0.15, 0.2) is 0 Å². The summed E-state index contributed by atoms with van der Waals surface area (Å²) in [6.07, 6.45) is 46.2. The first kappa shape index (κ1) is 54.2. The molecule has 0 rings (SSSR count). The molecule has 0 bridgehead atoms. The molecule has 10 heteroatoms. The van der Waals surface area contributed by atoms with Crippen molar-refractivity contribution >= 4 is 15.6 Å². The molecule has 54 heavy (non-hydrogen) atoms. The molecular weight excluding hydrogens is 718 g/mol. The number of unbranched alkanes of at least 4 members (excludes halogenated alkanes) is 35. The summed E-state index contributed by atoms with van der Waals surface area (Å²) in [4.78, 5) is 19.8. The second kappa shape index (κ2) is 42.8. The normalized spacial score (nSPS) is 14.1. The molecule has 0 aliphatic rings. The van der Waals surface area contributed by atoms with E-state index in [0.29, 0.717) is 26.4 Å². The van der Waals surface area contributed by atoms with Gasteiger partial charge in [0.1, 0.15) is 0 Å². The minimum atomic E-state index is -3.90. The molecule has 0 aromatic rings. The van der Waals surface area contributed by atoms with Crippen LogP contribution in [0.1, 0.15) is 258 Å². The molecule has 0 radical (unpaired) electrons. The third-order valence-electron chi connectivity index (χ3n) is 10.6. The molecule has 2 atom stereocenters. The molecule has 0 amide bonds. The van der Waals surface area contributed by atoms with Crippen LogP contribution in [0.3, 0.4) is 0 Å². The summed E-state index contributed by atoms with van der Waals surface area (Å²) in [6.45, 7) is 5.70. The largest absolute Gasteiger partial charge is 0.472 e. The molecule has 0 heterocycles. The van der Waals surface area contributed by atoms with Crippen molar-refractivity contribution in [1.29, 1.82) is 0 Å². The third-order valence-corrected chi connectivity index (χ3v) is 12.6. The van der Waals surface area contributed by atoms with Crippen LogP contribution >= 0.6 is 15.6 Å². The summed E-state index contributed by atoms with van der Waals surface area (Å²) < 4.78 is 44.7. The molecule has 0 spiro atoms. The topological polar surface area (TPSA) is 112 Å². The van der Waals surface area contributed by atoms with E-state index in [9.17, 15) is 18.9 Å². The Morgan fingerprint density at radius 2 is 0.389 bits per heavy atom. The Hall–Kier alpha value is 0.220. The highest BCUT2D eigenvalue weighted by molar-refractivity contribution is 7.47. The summed E-state index contributed by atoms with van der Waals surface area (Å²) in [6, 6.07) is 0. The fraction of sp³-hybridized carbons (Fsp3) is 1.00. The SMILES string of the molecule is CCCCCCCCCCCCOP(=O)(O)OCCCCCCCCCCCCCCCCCCCCOP(=O)(O)OCCCCCCCCCCCC. The van der Waals surface area contributed by atoms with Gasteiger partial charge in [0.05, 0.1) is 26.4 Å². The highest BCUT2D eigenvalue weighted by Crippen LogP contribution is 2.44. The number of phosphoric acid groups is 2. The fourth-order valence-electron chi connectivity index (χ4n) is 7.01. The van der Waals surface area contributed by atoms with Crippen LogP contribution in [0.25, 0.3) is 0 Å². The molecule has 0 aromatic heterocycles. The minimum Gasteiger partial charge on any atom is -0.302 e. The van der Waals surface area contributed by atoms with Crippen LogP contribution in [0, 0.1) is 0 Å². The van der Waals surface area contributed by atoms with Crippen LogP contribution in [0.4, 0.5) is 0 Å². The average Bonchev–Trinajstić information content (AvgIpc) is 3.14. The Labute approximate surface area is 336 Å². The zero-order chi connectivity index (χ0) is 39.5. The van der Waals surface area contributed by atoms with Crippen molar-refractivity contribution in [1.82, 2.24) is 0 Å². The van der Waals surface area contributed by atoms with Crippen molar-refractivity contribution in [3.8, 4) is 0 Å². The summed E-state index contributed by atoms with van der Waals surface area (Å²) in [5.74, 6) is 0. The van der Waals surface area contributed by atoms with Gasteiger partial charge in [0, 0.05) is 0 Å². The first-order valence-corrected chi connectivity index (χ1v) is 26.6. The zero-order valence-corrected chi connectivity index (χ0v) is 37.7. The van der Waals surface area contributed by atoms with Gasteiger partial charge in [-0.15, -0.1) is 0 Å². The molecule has 2 N–H and O–H groups in total. The maximum Gasteiger partial charge on any atom is 0.472 e. The van der Waals surface area contributed by atoms with Crippen LogP contribution < -0.4 is 0 Å². The number of phosphoric ester groups is 2. The van der Waals surface area contributed by atoms with E-state index in [1.165, 1.54) is 180 Å². The van der Waals surface area contributed by atoms with Gasteiger partial charge in [-0.2, -0.15) is 0 Å².